The summed E-state index contributed by atoms with van der Waals surface area (Å²) in [7, 11) is -6.05. The van der Waals surface area contributed by atoms with E-state index in [4.69, 9.17) is 9.47 Å². The molecule has 0 aliphatic heterocycles. The van der Waals surface area contributed by atoms with Crippen molar-refractivity contribution < 1.29 is 35.9 Å². The molecular weight excluding hydrogens is 454 g/mol. The van der Waals surface area contributed by atoms with E-state index in [1.54, 1.807) is 4.72 Å². The van der Waals surface area contributed by atoms with Gasteiger partial charge in [0.2, 0.25) is 24.1 Å². The standard InChI is InChI=1S/C16H19N5O8S2/c1-4-30(24,25)11-6-5-10(17-9-22)7-12(11)31(26,27)21-16(23)20-15-18-13(28-2)8-14(19-15)29-3/h5-9H,4H2,1-3H3,(H,17,22)(H2,18,19,20,21,23). The van der Waals surface area contributed by atoms with Gasteiger partial charge in [-0.3, -0.25) is 10.1 Å². The Balaban J connectivity index is 2.40. The average molecular weight is 473 g/mol. The number of benzene rings is 1. The van der Waals surface area contributed by atoms with Crippen LogP contribution in [0.2, 0.25) is 0 Å². The van der Waals surface area contributed by atoms with Gasteiger partial charge in [-0.1, -0.05) is 6.92 Å². The molecule has 0 radical (unpaired) electrons. The number of methoxy groups -OCH3 is 2. The second-order valence-corrected chi connectivity index (χ2v) is 9.56. The molecule has 0 bridgehead atoms. The van der Waals surface area contributed by atoms with Gasteiger partial charge in [0, 0.05) is 5.69 Å². The quantitative estimate of drug-likeness (QED) is 0.430. The summed E-state index contributed by atoms with van der Waals surface area (Å²) >= 11 is 0. The van der Waals surface area contributed by atoms with E-state index in [0.717, 1.165) is 12.1 Å². The molecule has 168 valence electrons. The van der Waals surface area contributed by atoms with Crippen LogP contribution in [0.1, 0.15) is 6.92 Å². The number of anilines is 2. The Hall–Kier alpha value is -3.46. The molecule has 2 rings (SSSR count). The van der Waals surface area contributed by atoms with Gasteiger partial charge in [0.05, 0.1) is 30.9 Å². The average Bonchev–Trinajstić information content (AvgIpc) is 2.73. The summed E-state index contributed by atoms with van der Waals surface area (Å²) in [6.07, 6.45) is 0.285. The second-order valence-electron chi connectivity index (χ2n) is 5.66. The summed E-state index contributed by atoms with van der Waals surface area (Å²) in [5.41, 5.74) is 0.00621. The van der Waals surface area contributed by atoms with E-state index in [1.165, 1.54) is 33.3 Å². The summed E-state index contributed by atoms with van der Waals surface area (Å²) in [5.74, 6) is -0.649. The van der Waals surface area contributed by atoms with E-state index in [9.17, 15) is 26.4 Å². The first-order valence-corrected chi connectivity index (χ1v) is 11.6. The molecule has 0 saturated carbocycles. The van der Waals surface area contributed by atoms with Crippen LogP contribution in [0.3, 0.4) is 0 Å². The van der Waals surface area contributed by atoms with Crippen LogP contribution < -0.4 is 24.8 Å². The fourth-order valence-corrected chi connectivity index (χ4v) is 4.94. The Morgan fingerprint density at radius 2 is 1.65 bits per heavy atom. The maximum absolute atomic E-state index is 12.8. The number of sulfone groups is 1. The van der Waals surface area contributed by atoms with E-state index < -0.39 is 35.7 Å². The predicted octanol–water partition coefficient (Wildman–Crippen LogP) is 0.366. The van der Waals surface area contributed by atoms with Crippen LogP contribution in [0.25, 0.3) is 0 Å². The smallest absolute Gasteiger partial charge is 0.335 e. The highest BCUT2D eigenvalue weighted by atomic mass is 32.2. The topological polar surface area (TPSA) is 183 Å². The van der Waals surface area contributed by atoms with Gasteiger partial charge in [-0.2, -0.15) is 9.97 Å². The maximum Gasteiger partial charge on any atom is 0.335 e. The number of carbonyl (C=O) groups excluding carboxylic acids is 2. The Kier molecular flexibility index (Phi) is 7.35. The molecule has 0 spiro atoms. The van der Waals surface area contributed by atoms with Crippen LogP contribution in [0.5, 0.6) is 11.8 Å². The lowest BCUT2D eigenvalue weighted by Crippen LogP contribution is -2.35. The zero-order valence-corrected chi connectivity index (χ0v) is 18.2. The minimum Gasteiger partial charge on any atom is -0.481 e. The molecular formula is C16H19N5O8S2. The van der Waals surface area contributed by atoms with E-state index in [0.29, 0.717) is 0 Å². The molecule has 1 aromatic carbocycles. The van der Waals surface area contributed by atoms with Gasteiger partial charge in [0.25, 0.3) is 10.0 Å². The molecule has 13 nitrogen and oxygen atoms in total. The summed E-state index contributed by atoms with van der Waals surface area (Å²) in [6, 6.07) is 3.20. The van der Waals surface area contributed by atoms with Gasteiger partial charge in [-0.05, 0) is 18.2 Å². The molecule has 2 aromatic rings. The van der Waals surface area contributed by atoms with Crippen LogP contribution in [0, 0.1) is 0 Å². The van der Waals surface area contributed by atoms with Crippen molar-refractivity contribution in [1.82, 2.24) is 14.7 Å². The molecule has 0 aliphatic rings. The van der Waals surface area contributed by atoms with Crippen molar-refractivity contribution in [2.24, 2.45) is 0 Å². The second kappa shape index (κ2) is 9.57. The molecule has 31 heavy (non-hydrogen) atoms. The number of hydrogen-bond acceptors (Lipinski definition) is 10. The number of rotatable bonds is 9. The fourth-order valence-electron chi connectivity index (χ4n) is 2.26. The normalized spacial score (nSPS) is 11.3. The van der Waals surface area contributed by atoms with Gasteiger partial charge in [0.1, 0.15) is 4.90 Å². The Morgan fingerprint density at radius 1 is 1.03 bits per heavy atom. The van der Waals surface area contributed by atoms with Crippen LogP contribution in [-0.2, 0) is 24.7 Å². The Morgan fingerprint density at radius 3 is 2.16 bits per heavy atom. The summed E-state index contributed by atoms with van der Waals surface area (Å²) in [5, 5.41) is 4.32. The molecule has 1 aromatic heterocycles. The van der Waals surface area contributed by atoms with Crippen molar-refractivity contribution in [2.75, 3.05) is 30.6 Å². The minimum atomic E-state index is -4.69. The number of sulfonamides is 1. The van der Waals surface area contributed by atoms with E-state index in [2.05, 4.69) is 20.6 Å². The highest BCUT2D eigenvalue weighted by Gasteiger charge is 2.28. The number of urea groups is 1. The molecule has 0 fully saturated rings. The monoisotopic (exact) mass is 473 g/mol. The lowest BCUT2D eigenvalue weighted by Gasteiger charge is -2.13. The first-order valence-electron chi connectivity index (χ1n) is 8.44. The predicted molar refractivity (Wildman–Crippen MR) is 108 cm³/mol. The van der Waals surface area contributed by atoms with Crippen LogP contribution in [0.15, 0.2) is 34.1 Å². The third kappa shape index (κ3) is 5.79. The van der Waals surface area contributed by atoms with Gasteiger partial charge in [0.15, 0.2) is 9.84 Å². The van der Waals surface area contributed by atoms with Crippen molar-refractivity contribution in [3.63, 3.8) is 0 Å². The molecule has 0 aliphatic carbocycles. The minimum absolute atomic E-state index is 0.00621. The Labute approximate surface area is 178 Å². The first kappa shape index (κ1) is 23.8. The molecule has 0 saturated heterocycles. The van der Waals surface area contributed by atoms with Crippen molar-refractivity contribution >= 4 is 43.9 Å². The van der Waals surface area contributed by atoms with Crippen LogP contribution in [-0.4, -0.2) is 59.2 Å². The number of aromatic nitrogens is 2. The SMILES string of the molecule is CCS(=O)(=O)c1ccc(NC=O)cc1S(=O)(=O)NC(=O)Nc1nc(OC)cc(OC)n1. The van der Waals surface area contributed by atoms with Crippen molar-refractivity contribution in [1.29, 1.82) is 0 Å². The number of hydrogen-bond donors (Lipinski definition) is 3. The third-order valence-electron chi connectivity index (χ3n) is 3.72. The van der Waals surface area contributed by atoms with Crippen molar-refractivity contribution in [2.45, 2.75) is 16.7 Å². The van der Waals surface area contributed by atoms with E-state index in [-0.39, 0.29) is 35.6 Å². The van der Waals surface area contributed by atoms with Gasteiger partial charge >= 0.3 is 6.03 Å². The van der Waals surface area contributed by atoms with Gasteiger partial charge in [-0.25, -0.2) is 26.4 Å². The molecule has 0 atom stereocenters. The lowest BCUT2D eigenvalue weighted by molar-refractivity contribution is -0.105. The van der Waals surface area contributed by atoms with Crippen molar-refractivity contribution in [3.8, 4) is 11.8 Å². The third-order valence-corrected chi connectivity index (χ3v) is 7.01. The highest BCUT2D eigenvalue weighted by Crippen LogP contribution is 2.26. The van der Waals surface area contributed by atoms with Gasteiger partial charge < -0.3 is 14.8 Å². The summed E-state index contributed by atoms with van der Waals surface area (Å²) < 4.78 is 61.7. The molecule has 15 heteroatoms. The summed E-state index contributed by atoms with van der Waals surface area (Å²) in [6.45, 7) is 1.33. The van der Waals surface area contributed by atoms with Crippen LogP contribution >= 0.6 is 0 Å². The molecule has 3 N–H and O–H groups in total. The van der Waals surface area contributed by atoms with Crippen molar-refractivity contribution in [3.05, 3.63) is 24.3 Å². The lowest BCUT2D eigenvalue weighted by atomic mass is 10.3. The number of ether oxygens (including phenoxy) is 2. The maximum atomic E-state index is 12.8. The Bertz CT molecular complexity index is 1180. The number of carbonyl (C=O) groups is 2. The highest BCUT2D eigenvalue weighted by molar-refractivity contribution is 7.93. The van der Waals surface area contributed by atoms with E-state index in [1.807, 2.05) is 0 Å². The molecule has 1 heterocycles. The fraction of sp³-hybridized carbons (Fsp3) is 0.250. The first-order chi connectivity index (χ1) is 14.6. The zero-order valence-electron chi connectivity index (χ0n) is 16.6. The zero-order chi connectivity index (χ0) is 23.2. The van der Waals surface area contributed by atoms with Gasteiger partial charge in [-0.15, -0.1) is 0 Å². The largest absolute Gasteiger partial charge is 0.481 e. The number of amides is 3. The molecule has 0 unspecified atom stereocenters. The summed E-state index contributed by atoms with van der Waals surface area (Å²) in [4.78, 5) is 29.3. The van der Waals surface area contributed by atoms with E-state index >= 15 is 0 Å². The molecule has 3 amide bonds. The van der Waals surface area contributed by atoms with Crippen LogP contribution in [0.4, 0.5) is 16.4 Å². The number of nitrogens with zero attached hydrogens (tertiary/aromatic N) is 2. The number of nitrogens with one attached hydrogen (secondary N) is 3.